The minimum absolute atomic E-state index is 0.0264. The third-order valence-corrected chi connectivity index (χ3v) is 5.70. The second kappa shape index (κ2) is 10.8. The summed E-state index contributed by atoms with van der Waals surface area (Å²) in [5, 5.41) is 8.95. The maximum atomic E-state index is 12.7. The molecule has 1 heterocycles. The molecule has 1 aliphatic rings. The summed E-state index contributed by atoms with van der Waals surface area (Å²) in [4.78, 5) is 29.4. The molecule has 0 N–H and O–H groups in total. The minimum atomic E-state index is 0.0264. The second-order valence-corrected chi connectivity index (χ2v) is 8.60. The maximum Gasteiger partial charge on any atom is 0.223 e. The van der Waals surface area contributed by atoms with Gasteiger partial charge in [0.2, 0.25) is 5.91 Å². The third kappa shape index (κ3) is 6.42. The quantitative estimate of drug-likeness (QED) is 0.624. The highest BCUT2D eigenvalue weighted by Gasteiger charge is 2.20. The van der Waals surface area contributed by atoms with Crippen molar-refractivity contribution in [2.24, 2.45) is 5.92 Å². The number of carbonyl (C=O) groups is 2. The number of benzene rings is 2. The van der Waals surface area contributed by atoms with Crippen molar-refractivity contribution in [1.29, 1.82) is 5.26 Å². The zero-order valence-corrected chi connectivity index (χ0v) is 18.5. The van der Waals surface area contributed by atoms with Crippen LogP contribution in [0.3, 0.4) is 0 Å². The van der Waals surface area contributed by atoms with Crippen LogP contribution >= 0.6 is 0 Å². The van der Waals surface area contributed by atoms with Gasteiger partial charge < -0.3 is 9.80 Å². The van der Waals surface area contributed by atoms with Gasteiger partial charge in [-0.05, 0) is 48.6 Å². The van der Waals surface area contributed by atoms with Crippen LogP contribution in [0.1, 0.15) is 54.6 Å². The molecule has 0 atom stereocenters. The molecule has 0 saturated carbocycles. The molecule has 2 aromatic rings. The number of carbonyl (C=O) groups excluding carboxylic acids is 2. The van der Waals surface area contributed by atoms with E-state index in [9.17, 15) is 9.59 Å². The molecular weight excluding hydrogens is 386 g/mol. The summed E-state index contributed by atoms with van der Waals surface area (Å²) in [7, 11) is 0. The highest BCUT2D eigenvalue weighted by Crippen LogP contribution is 2.18. The van der Waals surface area contributed by atoms with Crippen LogP contribution in [0.2, 0.25) is 0 Å². The Morgan fingerprint density at radius 1 is 0.935 bits per heavy atom. The van der Waals surface area contributed by atoms with Crippen molar-refractivity contribution in [3.05, 3.63) is 65.2 Å². The van der Waals surface area contributed by atoms with Crippen LogP contribution in [0.25, 0.3) is 0 Å². The lowest BCUT2D eigenvalue weighted by Crippen LogP contribution is -2.35. The predicted molar refractivity (Wildman–Crippen MR) is 123 cm³/mol. The molecule has 1 fully saturated rings. The summed E-state index contributed by atoms with van der Waals surface area (Å²) in [6, 6.07) is 17.5. The fourth-order valence-corrected chi connectivity index (χ4v) is 3.99. The Morgan fingerprint density at radius 3 is 2.29 bits per heavy atom. The van der Waals surface area contributed by atoms with Gasteiger partial charge >= 0.3 is 0 Å². The Labute approximate surface area is 185 Å². The predicted octanol–water partition coefficient (Wildman–Crippen LogP) is 4.46. The average Bonchev–Trinajstić information content (AvgIpc) is 3.04. The number of Topliss-reactive ketones (excluding diaryl/α,β-unsaturated/α-hetero) is 1. The molecule has 1 saturated heterocycles. The normalized spacial score (nSPS) is 14.3. The lowest BCUT2D eigenvalue weighted by atomic mass is 9.99. The van der Waals surface area contributed by atoms with Gasteiger partial charge in [-0.1, -0.05) is 38.1 Å². The zero-order chi connectivity index (χ0) is 22.2. The molecule has 0 radical (unpaired) electrons. The van der Waals surface area contributed by atoms with Crippen LogP contribution in [0, 0.1) is 17.2 Å². The van der Waals surface area contributed by atoms with E-state index in [1.807, 2.05) is 53.4 Å². The standard InChI is InChI=1S/C26H31N3O2/c1-20(2)18-21-4-8-23(9-5-21)25(30)12-13-26(31)29-15-3-14-28(16-17-29)24-10-6-22(19-27)7-11-24/h4-11,20H,3,12-18H2,1-2H3. The van der Waals surface area contributed by atoms with Gasteiger partial charge in [0.15, 0.2) is 5.78 Å². The SMILES string of the molecule is CC(C)Cc1ccc(C(=O)CCC(=O)N2CCCN(c3ccc(C#N)cc3)CC2)cc1. The van der Waals surface area contributed by atoms with Gasteiger partial charge in [-0.25, -0.2) is 0 Å². The summed E-state index contributed by atoms with van der Waals surface area (Å²) in [6.45, 7) is 7.34. The number of anilines is 1. The highest BCUT2D eigenvalue weighted by molar-refractivity contribution is 5.98. The summed E-state index contributed by atoms with van der Waals surface area (Å²) in [5.41, 5.74) is 3.64. The Bertz CT molecular complexity index is 927. The van der Waals surface area contributed by atoms with E-state index in [0.29, 0.717) is 30.1 Å². The van der Waals surface area contributed by atoms with Gasteiger partial charge in [0.25, 0.3) is 0 Å². The van der Waals surface area contributed by atoms with Gasteiger partial charge in [0.05, 0.1) is 11.6 Å². The molecule has 2 aromatic carbocycles. The van der Waals surface area contributed by atoms with Crippen LogP contribution in [-0.4, -0.2) is 42.8 Å². The summed E-state index contributed by atoms with van der Waals surface area (Å²) >= 11 is 0. The Kier molecular flexibility index (Phi) is 7.83. The van der Waals surface area contributed by atoms with Crippen LogP contribution in [-0.2, 0) is 11.2 Å². The molecule has 1 aliphatic heterocycles. The van der Waals surface area contributed by atoms with Gasteiger partial charge in [0.1, 0.15) is 0 Å². The van der Waals surface area contributed by atoms with Crippen molar-refractivity contribution in [3.63, 3.8) is 0 Å². The molecule has 5 heteroatoms. The molecule has 162 valence electrons. The van der Waals surface area contributed by atoms with Crippen molar-refractivity contribution in [3.8, 4) is 6.07 Å². The average molecular weight is 418 g/mol. The molecule has 0 spiro atoms. The monoisotopic (exact) mass is 417 g/mol. The summed E-state index contributed by atoms with van der Waals surface area (Å²) in [5.74, 6) is 0.658. The summed E-state index contributed by atoms with van der Waals surface area (Å²) in [6.07, 6.45) is 2.39. The van der Waals surface area contributed by atoms with Crippen LogP contribution in [0.5, 0.6) is 0 Å². The highest BCUT2D eigenvalue weighted by atomic mass is 16.2. The Balaban J connectivity index is 1.49. The number of nitriles is 1. The van der Waals surface area contributed by atoms with Gasteiger partial charge in [-0.2, -0.15) is 5.26 Å². The van der Waals surface area contributed by atoms with E-state index in [0.717, 1.165) is 31.6 Å². The van der Waals surface area contributed by atoms with E-state index in [-0.39, 0.29) is 24.5 Å². The van der Waals surface area contributed by atoms with Crippen molar-refractivity contribution in [2.45, 2.75) is 39.5 Å². The molecule has 5 nitrogen and oxygen atoms in total. The van der Waals surface area contributed by atoms with Crippen LogP contribution in [0.15, 0.2) is 48.5 Å². The van der Waals surface area contributed by atoms with E-state index < -0.39 is 0 Å². The molecule has 0 aromatic heterocycles. The lowest BCUT2D eigenvalue weighted by Gasteiger charge is -2.23. The molecular formula is C26H31N3O2. The van der Waals surface area contributed by atoms with Crippen molar-refractivity contribution < 1.29 is 9.59 Å². The van der Waals surface area contributed by atoms with E-state index >= 15 is 0 Å². The number of nitrogens with zero attached hydrogens (tertiary/aromatic N) is 3. The van der Waals surface area contributed by atoms with Gasteiger partial charge in [0, 0.05) is 50.3 Å². The number of rotatable bonds is 7. The van der Waals surface area contributed by atoms with Crippen molar-refractivity contribution in [2.75, 3.05) is 31.1 Å². The number of hydrogen-bond donors (Lipinski definition) is 0. The Morgan fingerprint density at radius 2 is 1.65 bits per heavy atom. The fraction of sp³-hybridized carbons (Fsp3) is 0.423. The summed E-state index contributed by atoms with van der Waals surface area (Å²) < 4.78 is 0. The maximum absolute atomic E-state index is 12.7. The smallest absolute Gasteiger partial charge is 0.223 e. The largest absolute Gasteiger partial charge is 0.370 e. The lowest BCUT2D eigenvalue weighted by molar-refractivity contribution is -0.130. The number of ketones is 1. The van der Waals surface area contributed by atoms with Crippen LogP contribution in [0.4, 0.5) is 5.69 Å². The first-order chi connectivity index (χ1) is 15.0. The topological polar surface area (TPSA) is 64.4 Å². The van der Waals surface area contributed by atoms with Crippen molar-refractivity contribution in [1.82, 2.24) is 4.90 Å². The van der Waals surface area contributed by atoms with E-state index in [1.165, 1.54) is 5.56 Å². The minimum Gasteiger partial charge on any atom is -0.370 e. The second-order valence-electron chi connectivity index (χ2n) is 8.60. The first-order valence-electron chi connectivity index (χ1n) is 11.1. The molecule has 0 bridgehead atoms. The fourth-order valence-electron chi connectivity index (χ4n) is 3.99. The van der Waals surface area contributed by atoms with E-state index in [1.54, 1.807) is 0 Å². The van der Waals surface area contributed by atoms with Crippen LogP contribution < -0.4 is 4.90 Å². The third-order valence-electron chi connectivity index (χ3n) is 5.70. The molecule has 31 heavy (non-hydrogen) atoms. The van der Waals surface area contributed by atoms with Gasteiger partial charge in [-0.15, -0.1) is 0 Å². The first-order valence-corrected chi connectivity index (χ1v) is 11.1. The number of amides is 1. The molecule has 3 rings (SSSR count). The van der Waals surface area contributed by atoms with E-state index in [2.05, 4.69) is 24.8 Å². The van der Waals surface area contributed by atoms with E-state index in [4.69, 9.17) is 5.26 Å². The first kappa shape index (κ1) is 22.6. The molecule has 0 aliphatic carbocycles. The van der Waals surface area contributed by atoms with Gasteiger partial charge in [-0.3, -0.25) is 9.59 Å². The molecule has 0 unspecified atom stereocenters. The zero-order valence-electron chi connectivity index (χ0n) is 18.5. The number of hydrogen-bond acceptors (Lipinski definition) is 4. The Hall–Kier alpha value is -3.13. The molecule has 1 amide bonds. The van der Waals surface area contributed by atoms with Crippen molar-refractivity contribution >= 4 is 17.4 Å².